The second-order valence-corrected chi connectivity index (χ2v) is 5.53. The number of hydrogen-bond donors (Lipinski definition) is 0. The molecule has 1 saturated heterocycles. The van der Waals surface area contributed by atoms with Crippen LogP contribution in [0.25, 0.3) is 10.9 Å². The molecule has 0 spiro atoms. The monoisotopic (exact) mass is 291 g/mol. The van der Waals surface area contributed by atoms with Crippen molar-refractivity contribution in [3.8, 4) is 5.88 Å². The number of benzene rings is 1. The number of ether oxygens (including phenoxy) is 1. The van der Waals surface area contributed by atoms with Gasteiger partial charge in [-0.1, -0.05) is 6.92 Å². The molecule has 5 nitrogen and oxygen atoms in total. The molecule has 0 bridgehead atoms. The van der Waals surface area contributed by atoms with Crippen molar-refractivity contribution in [2.45, 2.75) is 19.8 Å². The van der Waals surface area contributed by atoms with Crippen LogP contribution >= 0.6 is 0 Å². The van der Waals surface area contributed by atoms with Gasteiger partial charge in [-0.15, -0.1) is 5.10 Å². The molecule has 1 aliphatic heterocycles. The molecule has 2 heterocycles. The summed E-state index contributed by atoms with van der Waals surface area (Å²) in [4.78, 5) is 14.4. The van der Waals surface area contributed by atoms with Crippen molar-refractivity contribution in [3.63, 3.8) is 0 Å². The number of piperidine rings is 1. The van der Waals surface area contributed by atoms with Crippen LogP contribution in [0.1, 0.15) is 19.8 Å². The number of aromatic nitrogens is 2. The molecule has 1 amide bonds. The number of likely N-dealkylation sites (tertiary alicyclic amines) is 1. The first kappa shape index (κ1) is 13.9. The van der Waals surface area contributed by atoms with Crippen LogP contribution in [-0.2, 0) is 0 Å². The molecule has 0 unspecified atom stereocenters. The molecule has 2 aromatic rings. The Labute approximate surface area is 122 Å². The SMILES string of the molecule is COc1nn(C(=O)N2CCC(C)CC2)c2cc(F)ccc12. The molecule has 0 radical (unpaired) electrons. The molecule has 1 aliphatic rings. The Morgan fingerprint density at radius 2 is 2.10 bits per heavy atom. The first-order chi connectivity index (χ1) is 10.1. The molecule has 6 heteroatoms. The van der Waals surface area contributed by atoms with E-state index < -0.39 is 5.82 Å². The van der Waals surface area contributed by atoms with E-state index in [-0.39, 0.29) is 6.03 Å². The number of halogens is 1. The van der Waals surface area contributed by atoms with Crippen molar-refractivity contribution in [1.29, 1.82) is 0 Å². The lowest BCUT2D eigenvalue weighted by molar-refractivity contribution is 0.173. The van der Waals surface area contributed by atoms with Gasteiger partial charge >= 0.3 is 6.03 Å². The van der Waals surface area contributed by atoms with Gasteiger partial charge < -0.3 is 9.64 Å². The zero-order chi connectivity index (χ0) is 15.0. The molecule has 1 aromatic carbocycles. The number of carbonyl (C=O) groups excluding carboxylic acids is 1. The van der Waals surface area contributed by atoms with Crippen LogP contribution in [0.3, 0.4) is 0 Å². The van der Waals surface area contributed by atoms with Crippen LogP contribution in [0.5, 0.6) is 5.88 Å². The van der Waals surface area contributed by atoms with Gasteiger partial charge in [0.2, 0.25) is 5.88 Å². The van der Waals surface area contributed by atoms with Crippen LogP contribution in [0.4, 0.5) is 9.18 Å². The first-order valence-corrected chi connectivity index (χ1v) is 7.11. The predicted molar refractivity (Wildman–Crippen MR) is 77.0 cm³/mol. The van der Waals surface area contributed by atoms with Crippen LogP contribution in [0.2, 0.25) is 0 Å². The zero-order valence-corrected chi connectivity index (χ0v) is 12.2. The molecular formula is C15H18FN3O2. The smallest absolute Gasteiger partial charge is 0.345 e. The van der Waals surface area contributed by atoms with E-state index in [2.05, 4.69) is 12.0 Å². The third kappa shape index (κ3) is 2.46. The molecule has 0 aliphatic carbocycles. The van der Waals surface area contributed by atoms with Crippen molar-refractivity contribution in [3.05, 3.63) is 24.0 Å². The lowest BCUT2D eigenvalue weighted by Crippen LogP contribution is -2.40. The van der Waals surface area contributed by atoms with Gasteiger partial charge in [0.15, 0.2) is 0 Å². The van der Waals surface area contributed by atoms with E-state index in [4.69, 9.17) is 4.74 Å². The summed E-state index contributed by atoms with van der Waals surface area (Å²) in [6.07, 6.45) is 1.97. The summed E-state index contributed by atoms with van der Waals surface area (Å²) in [6, 6.07) is 4.01. The molecule has 1 fully saturated rings. The summed E-state index contributed by atoms with van der Waals surface area (Å²) < 4.78 is 19.9. The lowest BCUT2D eigenvalue weighted by Gasteiger charge is -2.29. The topological polar surface area (TPSA) is 47.4 Å². The quantitative estimate of drug-likeness (QED) is 0.811. The van der Waals surface area contributed by atoms with E-state index in [0.717, 1.165) is 12.8 Å². The van der Waals surface area contributed by atoms with Gasteiger partial charge in [0.25, 0.3) is 0 Å². The highest BCUT2D eigenvalue weighted by Gasteiger charge is 2.25. The minimum Gasteiger partial charge on any atom is -0.479 e. The second kappa shape index (κ2) is 5.35. The summed E-state index contributed by atoms with van der Waals surface area (Å²) >= 11 is 0. The maximum absolute atomic E-state index is 13.5. The molecule has 112 valence electrons. The van der Waals surface area contributed by atoms with E-state index in [1.807, 2.05) is 0 Å². The third-order valence-electron chi connectivity index (χ3n) is 4.04. The van der Waals surface area contributed by atoms with Gasteiger partial charge in [-0.05, 0) is 30.9 Å². The molecule has 0 N–H and O–H groups in total. The highest BCUT2D eigenvalue weighted by Crippen LogP contribution is 2.26. The summed E-state index contributed by atoms with van der Waals surface area (Å²) in [5.74, 6) is 0.575. The Bertz CT molecular complexity index is 675. The maximum Gasteiger partial charge on any atom is 0.345 e. The van der Waals surface area contributed by atoms with Gasteiger partial charge in [-0.25, -0.2) is 9.18 Å². The number of fused-ring (bicyclic) bond motifs is 1. The van der Waals surface area contributed by atoms with Gasteiger partial charge in [0.1, 0.15) is 5.82 Å². The molecule has 21 heavy (non-hydrogen) atoms. The minimum atomic E-state index is -0.397. The number of hydrogen-bond acceptors (Lipinski definition) is 3. The normalized spacial score (nSPS) is 16.4. The molecular weight excluding hydrogens is 273 g/mol. The van der Waals surface area contributed by atoms with Crippen molar-refractivity contribution in [2.75, 3.05) is 20.2 Å². The molecule has 1 aromatic heterocycles. The lowest BCUT2D eigenvalue weighted by atomic mass is 10.00. The number of rotatable bonds is 1. The van der Waals surface area contributed by atoms with Gasteiger partial charge in [0.05, 0.1) is 18.0 Å². The average Bonchev–Trinajstić information content (AvgIpc) is 2.85. The van der Waals surface area contributed by atoms with Crippen LogP contribution in [-0.4, -0.2) is 40.9 Å². The largest absolute Gasteiger partial charge is 0.479 e. The molecule has 3 rings (SSSR count). The van der Waals surface area contributed by atoms with E-state index in [9.17, 15) is 9.18 Å². The number of nitrogens with zero attached hydrogens (tertiary/aromatic N) is 3. The summed E-state index contributed by atoms with van der Waals surface area (Å²) in [5, 5.41) is 4.82. The fourth-order valence-corrected chi connectivity index (χ4v) is 2.69. The van der Waals surface area contributed by atoms with E-state index in [0.29, 0.717) is 35.8 Å². The standard InChI is InChI=1S/C15H18FN3O2/c1-10-5-7-18(8-6-10)15(20)19-13-9-11(16)3-4-12(13)14(17-19)21-2/h3-4,9-10H,5-8H2,1-2H3. The van der Waals surface area contributed by atoms with Gasteiger partial charge in [-0.2, -0.15) is 4.68 Å². The zero-order valence-electron chi connectivity index (χ0n) is 12.2. The highest BCUT2D eigenvalue weighted by molar-refractivity contribution is 5.93. The van der Waals surface area contributed by atoms with Crippen molar-refractivity contribution >= 4 is 16.9 Å². The Kier molecular flexibility index (Phi) is 3.53. The summed E-state index contributed by atoms with van der Waals surface area (Å²) in [5.41, 5.74) is 0.440. The van der Waals surface area contributed by atoms with E-state index in [1.165, 1.54) is 23.9 Å². The summed E-state index contributed by atoms with van der Waals surface area (Å²) in [6.45, 7) is 3.60. The molecule has 0 saturated carbocycles. The Morgan fingerprint density at radius 1 is 1.38 bits per heavy atom. The maximum atomic E-state index is 13.5. The number of methoxy groups -OCH3 is 1. The van der Waals surface area contributed by atoms with E-state index in [1.54, 1.807) is 11.0 Å². The second-order valence-electron chi connectivity index (χ2n) is 5.53. The van der Waals surface area contributed by atoms with Gasteiger partial charge in [-0.3, -0.25) is 0 Å². The number of amides is 1. The molecule has 0 atom stereocenters. The fourth-order valence-electron chi connectivity index (χ4n) is 2.69. The van der Waals surface area contributed by atoms with Crippen molar-refractivity contribution in [1.82, 2.24) is 14.7 Å². The van der Waals surface area contributed by atoms with Crippen LogP contribution in [0.15, 0.2) is 18.2 Å². The Balaban J connectivity index is 1.99. The Hall–Kier alpha value is -2.11. The predicted octanol–water partition coefficient (Wildman–Crippen LogP) is 2.88. The van der Waals surface area contributed by atoms with Crippen molar-refractivity contribution < 1.29 is 13.9 Å². The Morgan fingerprint density at radius 3 is 2.76 bits per heavy atom. The minimum absolute atomic E-state index is 0.221. The van der Waals surface area contributed by atoms with Crippen LogP contribution in [0, 0.1) is 11.7 Å². The summed E-state index contributed by atoms with van der Waals surface area (Å²) in [7, 11) is 1.49. The third-order valence-corrected chi connectivity index (χ3v) is 4.04. The van der Waals surface area contributed by atoms with E-state index >= 15 is 0 Å². The fraction of sp³-hybridized carbons (Fsp3) is 0.467. The first-order valence-electron chi connectivity index (χ1n) is 7.11. The van der Waals surface area contributed by atoms with Gasteiger partial charge in [0, 0.05) is 19.2 Å². The average molecular weight is 291 g/mol. The number of carbonyl (C=O) groups is 1. The van der Waals surface area contributed by atoms with Crippen molar-refractivity contribution in [2.24, 2.45) is 5.92 Å². The van der Waals surface area contributed by atoms with Crippen LogP contribution < -0.4 is 4.74 Å². The highest BCUT2D eigenvalue weighted by atomic mass is 19.1.